The Balaban J connectivity index is 1.43. The maximum Gasteiger partial charge on any atom is 0.417 e. The van der Waals surface area contributed by atoms with E-state index in [1.165, 1.54) is 6.07 Å². The van der Waals surface area contributed by atoms with Gasteiger partial charge in [0, 0.05) is 5.02 Å². The summed E-state index contributed by atoms with van der Waals surface area (Å²) < 4.78 is 44.9. The van der Waals surface area contributed by atoms with Crippen LogP contribution in [0.1, 0.15) is 16.7 Å². The molecule has 1 saturated heterocycles. The normalized spacial score (nSPS) is 16.2. The largest absolute Gasteiger partial charge is 0.489 e. The van der Waals surface area contributed by atoms with Crippen molar-refractivity contribution in [2.45, 2.75) is 12.8 Å². The zero-order chi connectivity index (χ0) is 24.3. The smallest absolute Gasteiger partial charge is 0.417 e. The molecule has 1 aliphatic heterocycles. The van der Waals surface area contributed by atoms with Crippen LogP contribution in [0.4, 0.5) is 18.9 Å². The minimum Gasteiger partial charge on any atom is -0.489 e. The number of ether oxygens (including phenoxy) is 1. The van der Waals surface area contributed by atoms with Gasteiger partial charge in [-0.1, -0.05) is 47.5 Å². The first-order chi connectivity index (χ1) is 16.2. The highest BCUT2D eigenvalue weighted by Crippen LogP contribution is 2.37. The Kier molecular flexibility index (Phi) is 7.21. The van der Waals surface area contributed by atoms with Crippen molar-refractivity contribution >= 4 is 57.8 Å². The molecule has 1 fully saturated rings. The van der Waals surface area contributed by atoms with Gasteiger partial charge in [0.25, 0.3) is 5.91 Å². The van der Waals surface area contributed by atoms with Gasteiger partial charge in [0.1, 0.15) is 12.4 Å². The van der Waals surface area contributed by atoms with E-state index in [-0.39, 0.29) is 10.9 Å². The summed E-state index contributed by atoms with van der Waals surface area (Å²) in [6.45, 7) is 0.385. The Bertz CT molecular complexity index is 1270. The SMILES string of the molecule is O=C1NC(=Nc2ccc(Cl)c(C(F)(F)F)c2)S/C1=C\c1ccc(OCc2ccc(Cl)cc2)cc1. The molecule has 4 rings (SSSR count). The van der Waals surface area contributed by atoms with Crippen LogP contribution in [0, 0.1) is 0 Å². The molecule has 1 aliphatic rings. The third-order valence-electron chi connectivity index (χ3n) is 4.63. The molecule has 0 radical (unpaired) electrons. The summed E-state index contributed by atoms with van der Waals surface area (Å²) in [5, 5.41) is 2.97. The fourth-order valence-corrected chi connectivity index (χ4v) is 4.15. The lowest BCUT2D eigenvalue weighted by atomic mass is 10.2. The van der Waals surface area contributed by atoms with Crippen molar-refractivity contribution in [1.82, 2.24) is 5.32 Å². The molecule has 1 amide bonds. The highest BCUT2D eigenvalue weighted by molar-refractivity contribution is 8.18. The van der Waals surface area contributed by atoms with Gasteiger partial charge in [0.2, 0.25) is 0 Å². The first kappa shape index (κ1) is 24.2. The van der Waals surface area contributed by atoms with E-state index in [4.69, 9.17) is 27.9 Å². The molecule has 3 aromatic carbocycles. The van der Waals surface area contributed by atoms with Crippen LogP contribution in [0.5, 0.6) is 5.75 Å². The van der Waals surface area contributed by atoms with Crippen molar-refractivity contribution in [3.63, 3.8) is 0 Å². The minimum absolute atomic E-state index is 0.0305. The average molecular weight is 523 g/mol. The number of amides is 1. The molecule has 174 valence electrons. The van der Waals surface area contributed by atoms with E-state index in [0.29, 0.717) is 22.3 Å². The Morgan fingerprint density at radius 2 is 1.71 bits per heavy atom. The van der Waals surface area contributed by atoms with Crippen molar-refractivity contribution < 1.29 is 22.7 Å². The molecular formula is C24H15Cl2F3N2O2S. The molecule has 1 heterocycles. The standard InChI is InChI=1S/C24H15Cl2F3N2O2S/c25-16-5-1-15(2-6-16)13-33-18-8-3-14(4-9-18)11-21-22(32)31-23(34-21)30-17-7-10-20(26)19(12-17)24(27,28)29/h1-12H,13H2,(H,30,31,32)/b21-11-. The second-order valence-electron chi connectivity index (χ2n) is 7.13. The van der Waals surface area contributed by atoms with Crippen LogP contribution in [-0.2, 0) is 17.6 Å². The number of nitrogens with zero attached hydrogens (tertiary/aromatic N) is 1. The number of hydrogen-bond donors (Lipinski definition) is 1. The van der Waals surface area contributed by atoms with E-state index >= 15 is 0 Å². The molecule has 0 aliphatic carbocycles. The van der Waals surface area contributed by atoms with Crippen LogP contribution in [0.25, 0.3) is 6.08 Å². The maximum atomic E-state index is 13.1. The number of carbonyl (C=O) groups is 1. The molecule has 0 unspecified atom stereocenters. The quantitative estimate of drug-likeness (QED) is 0.353. The lowest BCUT2D eigenvalue weighted by Gasteiger charge is -2.09. The van der Waals surface area contributed by atoms with Crippen LogP contribution < -0.4 is 10.1 Å². The summed E-state index contributed by atoms with van der Waals surface area (Å²) in [4.78, 5) is 16.8. The van der Waals surface area contributed by atoms with Gasteiger partial charge in [-0.25, -0.2) is 4.99 Å². The van der Waals surface area contributed by atoms with E-state index in [1.54, 1.807) is 42.5 Å². The van der Waals surface area contributed by atoms with E-state index in [1.807, 2.05) is 12.1 Å². The Morgan fingerprint density at radius 1 is 1.00 bits per heavy atom. The average Bonchev–Trinajstić information content (AvgIpc) is 3.13. The topological polar surface area (TPSA) is 50.7 Å². The third kappa shape index (κ3) is 6.14. The van der Waals surface area contributed by atoms with E-state index in [0.717, 1.165) is 35.0 Å². The molecule has 0 bridgehead atoms. The molecule has 34 heavy (non-hydrogen) atoms. The molecule has 10 heteroatoms. The first-order valence-corrected chi connectivity index (χ1v) is 11.4. The molecule has 0 aromatic heterocycles. The summed E-state index contributed by atoms with van der Waals surface area (Å²) in [5.74, 6) is 0.267. The van der Waals surface area contributed by atoms with Gasteiger partial charge in [0.05, 0.1) is 21.2 Å². The number of amidine groups is 1. The zero-order valence-electron chi connectivity index (χ0n) is 17.2. The van der Waals surface area contributed by atoms with Crippen molar-refractivity contribution in [3.8, 4) is 5.75 Å². The lowest BCUT2D eigenvalue weighted by Crippen LogP contribution is -2.19. The maximum absolute atomic E-state index is 13.1. The zero-order valence-corrected chi connectivity index (χ0v) is 19.5. The summed E-state index contributed by atoms with van der Waals surface area (Å²) >= 11 is 12.5. The number of benzene rings is 3. The van der Waals surface area contributed by atoms with E-state index < -0.39 is 22.7 Å². The molecule has 4 nitrogen and oxygen atoms in total. The van der Waals surface area contributed by atoms with Crippen LogP contribution in [0.3, 0.4) is 0 Å². The summed E-state index contributed by atoms with van der Waals surface area (Å²) in [7, 11) is 0. The highest BCUT2D eigenvalue weighted by Gasteiger charge is 2.33. The predicted octanol–water partition coefficient (Wildman–Crippen LogP) is 7.48. The van der Waals surface area contributed by atoms with Crippen LogP contribution in [-0.4, -0.2) is 11.1 Å². The molecule has 0 atom stereocenters. The minimum atomic E-state index is -4.60. The number of rotatable bonds is 5. The second-order valence-corrected chi connectivity index (χ2v) is 9.00. The predicted molar refractivity (Wildman–Crippen MR) is 129 cm³/mol. The molecule has 0 spiro atoms. The number of nitrogens with one attached hydrogen (secondary N) is 1. The van der Waals surface area contributed by atoms with Crippen molar-refractivity contribution in [2.24, 2.45) is 4.99 Å². The summed E-state index contributed by atoms with van der Waals surface area (Å²) in [6.07, 6.45) is -2.94. The fourth-order valence-electron chi connectivity index (χ4n) is 2.96. The van der Waals surface area contributed by atoms with E-state index in [2.05, 4.69) is 10.3 Å². The number of alkyl halides is 3. The highest BCUT2D eigenvalue weighted by atomic mass is 35.5. The van der Waals surface area contributed by atoms with Crippen molar-refractivity contribution in [2.75, 3.05) is 0 Å². The van der Waals surface area contributed by atoms with Crippen LogP contribution in [0.2, 0.25) is 10.0 Å². The number of aliphatic imine (C=N–C) groups is 1. The number of carbonyl (C=O) groups excluding carboxylic acids is 1. The first-order valence-electron chi connectivity index (χ1n) is 9.81. The third-order valence-corrected chi connectivity index (χ3v) is 6.12. The van der Waals surface area contributed by atoms with Crippen molar-refractivity contribution in [1.29, 1.82) is 0 Å². The number of thioether (sulfide) groups is 1. The molecular weight excluding hydrogens is 508 g/mol. The van der Waals surface area contributed by atoms with Gasteiger partial charge in [-0.3, -0.25) is 4.79 Å². The van der Waals surface area contributed by atoms with Gasteiger partial charge in [-0.05, 0) is 71.4 Å². The monoisotopic (exact) mass is 522 g/mol. The second kappa shape index (κ2) is 10.1. The Morgan fingerprint density at radius 3 is 2.38 bits per heavy atom. The number of hydrogen-bond acceptors (Lipinski definition) is 4. The van der Waals surface area contributed by atoms with Gasteiger partial charge in [-0.2, -0.15) is 13.2 Å². The molecule has 0 saturated carbocycles. The fraction of sp³-hybridized carbons (Fsp3) is 0.0833. The van der Waals surface area contributed by atoms with Gasteiger partial charge in [-0.15, -0.1) is 0 Å². The molecule has 1 N–H and O–H groups in total. The van der Waals surface area contributed by atoms with Gasteiger partial charge in [0.15, 0.2) is 5.17 Å². The lowest BCUT2D eigenvalue weighted by molar-refractivity contribution is -0.137. The van der Waals surface area contributed by atoms with Crippen LogP contribution in [0.15, 0.2) is 76.6 Å². The van der Waals surface area contributed by atoms with Gasteiger partial charge >= 0.3 is 6.18 Å². The molecule has 3 aromatic rings. The summed E-state index contributed by atoms with van der Waals surface area (Å²) in [5.41, 5.74) is 0.774. The number of halogens is 5. The summed E-state index contributed by atoms with van der Waals surface area (Å²) in [6, 6.07) is 17.8. The Hall–Kier alpha value is -2.94. The van der Waals surface area contributed by atoms with Gasteiger partial charge < -0.3 is 10.1 Å². The van der Waals surface area contributed by atoms with Crippen LogP contribution >= 0.6 is 35.0 Å². The van der Waals surface area contributed by atoms with E-state index in [9.17, 15) is 18.0 Å². The van der Waals surface area contributed by atoms with Crippen molar-refractivity contribution in [3.05, 3.63) is 98.4 Å². The Labute approximate surface area is 207 Å².